The summed E-state index contributed by atoms with van der Waals surface area (Å²) >= 11 is 0. The van der Waals surface area contributed by atoms with E-state index in [-0.39, 0.29) is 10.7 Å². The van der Waals surface area contributed by atoms with Gasteiger partial charge in [0.15, 0.2) is 5.78 Å². The van der Waals surface area contributed by atoms with Crippen molar-refractivity contribution in [1.82, 2.24) is 9.21 Å². The maximum atomic E-state index is 12.6. The Balaban J connectivity index is 2.03. The molecule has 0 saturated carbocycles. The molecule has 1 aliphatic rings. The fraction of sp³-hybridized carbons (Fsp3) is 0.533. The van der Waals surface area contributed by atoms with Crippen LogP contribution in [0.15, 0.2) is 29.2 Å². The smallest absolute Gasteiger partial charge is 0.243 e. The third-order valence-corrected chi connectivity index (χ3v) is 5.75. The highest BCUT2D eigenvalue weighted by atomic mass is 32.2. The molecule has 0 radical (unpaired) electrons. The van der Waals surface area contributed by atoms with Crippen molar-refractivity contribution < 1.29 is 17.9 Å². The van der Waals surface area contributed by atoms with Gasteiger partial charge in [0.05, 0.1) is 11.5 Å². The fourth-order valence-corrected chi connectivity index (χ4v) is 3.85. The van der Waals surface area contributed by atoms with Crippen molar-refractivity contribution in [1.29, 1.82) is 0 Å². The van der Waals surface area contributed by atoms with Crippen LogP contribution in [0.1, 0.15) is 17.3 Å². The van der Waals surface area contributed by atoms with Gasteiger partial charge in [0.1, 0.15) is 0 Å². The summed E-state index contributed by atoms with van der Waals surface area (Å²) in [5.41, 5.74) is 0.517. The number of benzene rings is 1. The number of piperazine rings is 1. The molecule has 1 aromatic rings. The normalized spacial score (nSPS) is 17.5. The van der Waals surface area contributed by atoms with E-state index in [2.05, 4.69) is 4.90 Å². The monoisotopic (exact) mass is 326 g/mol. The predicted octanol–water partition coefficient (Wildman–Crippen LogP) is 0.842. The van der Waals surface area contributed by atoms with E-state index in [4.69, 9.17) is 4.74 Å². The number of Topliss-reactive ketones (excluding diaryl/α,β-unsaturated/α-hetero) is 1. The fourth-order valence-electron chi connectivity index (χ4n) is 2.42. The molecular formula is C15H22N2O4S. The Morgan fingerprint density at radius 1 is 1.14 bits per heavy atom. The zero-order valence-electron chi connectivity index (χ0n) is 13.0. The number of ketones is 1. The molecule has 0 amide bonds. The van der Waals surface area contributed by atoms with Gasteiger partial charge in [-0.1, -0.05) is 12.1 Å². The summed E-state index contributed by atoms with van der Waals surface area (Å²) in [5, 5.41) is 0. The minimum Gasteiger partial charge on any atom is -0.383 e. The van der Waals surface area contributed by atoms with Crippen molar-refractivity contribution in [3.8, 4) is 0 Å². The van der Waals surface area contributed by atoms with E-state index in [1.165, 1.54) is 23.4 Å². The summed E-state index contributed by atoms with van der Waals surface area (Å²) in [6, 6.07) is 6.13. The molecule has 1 fully saturated rings. The molecule has 122 valence electrons. The van der Waals surface area contributed by atoms with Crippen LogP contribution in [0.3, 0.4) is 0 Å². The van der Waals surface area contributed by atoms with Gasteiger partial charge < -0.3 is 4.74 Å². The number of sulfonamides is 1. The lowest BCUT2D eigenvalue weighted by atomic mass is 10.2. The van der Waals surface area contributed by atoms with Crippen molar-refractivity contribution in [2.24, 2.45) is 0 Å². The highest BCUT2D eigenvalue weighted by molar-refractivity contribution is 7.89. The van der Waals surface area contributed by atoms with E-state index in [9.17, 15) is 13.2 Å². The third-order valence-electron chi connectivity index (χ3n) is 3.84. The van der Waals surface area contributed by atoms with Crippen LogP contribution >= 0.6 is 0 Å². The van der Waals surface area contributed by atoms with Gasteiger partial charge in [0.2, 0.25) is 10.0 Å². The summed E-state index contributed by atoms with van der Waals surface area (Å²) in [6.45, 7) is 5.28. The zero-order chi connectivity index (χ0) is 16.2. The average molecular weight is 326 g/mol. The molecule has 0 N–H and O–H groups in total. The van der Waals surface area contributed by atoms with Crippen LogP contribution in [0.4, 0.5) is 0 Å². The lowest BCUT2D eigenvalue weighted by Crippen LogP contribution is -2.49. The first-order chi connectivity index (χ1) is 10.4. The number of hydrogen-bond donors (Lipinski definition) is 0. The maximum Gasteiger partial charge on any atom is 0.243 e. The minimum atomic E-state index is -3.48. The quantitative estimate of drug-likeness (QED) is 0.725. The Morgan fingerprint density at radius 2 is 1.73 bits per heavy atom. The molecule has 0 unspecified atom stereocenters. The molecule has 1 heterocycles. The number of carbonyl (C=O) groups is 1. The Hall–Kier alpha value is -1.28. The molecule has 7 heteroatoms. The molecule has 6 nitrogen and oxygen atoms in total. The van der Waals surface area contributed by atoms with Crippen LogP contribution < -0.4 is 0 Å². The molecule has 1 aliphatic heterocycles. The Labute approximate surface area is 131 Å². The summed E-state index contributed by atoms with van der Waals surface area (Å²) in [4.78, 5) is 13.7. The molecule has 0 bridgehead atoms. The van der Waals surface area contributed by atoms with Crippen LogP contribution in [0, 0.1) is 0 Å². The van der Waals surface area contributed by atoms with Crippen molar-refractivity contribution in [3.63, 3.8) is 0 Å². The van der Waals surface area contributed by atoms with E-state index in [0.29, 0.717) is 38.3 Å². The Kier molecular flexibility index (Phi) is 5.69. The van der Waals surface area contributed by atoms with Gasteiger partial charge in [-0.3, -0.25) is 9.69 Å². The lowest BCUT2D eigenvalue weighted by Gasteiger charge is -2.33. The molecule has 2 rings (SSSR count). The predicted molar refractivity (Wildman–Crippen MR) is 83.5 cm³/mol. The van der Waals surface area contributed by atoms with Crippen molar-refractivity contribution in [2.45, 2.75) is 11.8 Å². The second-order valence-electron chi connectivity index (χ2n) is 5.32. The highest BCUT2D eigenvalue weighted by Gasteiger charge is 2.28. The van der Waals surface area contributed by atoms with E-state index in [1.807, 2.05) is 0 Å². The molecule has 22 heavy (non-hydrogen) atoms. The number of rotatable bonds is 6. The lowest BCUT2D eigenvalue weighted by molar-refractivity contribution is 0.101. The maximum absolute atomic E-state index is 12.6. The van der Waals surface area contributed by atoms with Crippen LogP contribution in [-0.4, -0.2) is 69.8 Å². The van der Waals surface area contributed by atoms with Crippen LogP contribution in [0.5, 0.6) is 0 Å². The molecule has 1 saturated heterocycles. The molecule has 0 spiro atoms. The number of carbonyl (C=O) groups excluding carboxylic acids is 1. The first-order valence-corrected chi connectivity index (χ1v) is 8.71. The molecule has 0 atom stereocenters. The van der Waals surface area contributed by atoms with Gasteiger partial charge in [-0.05, 0) is 19.1 Å². The first kappa shape index (κ1) is 17.1. The van der Waals surface area contributed by atoms with Crippen molar-refractivity contribution in [2.75, 3.05) is 46.4 Å². The van der Waals surface area contributed by atoms with Crippen molar-refractivity contribution in [3.05, 3.63) is 29.8 Å². The summed E-state index contributed by atoms with van der Waals surface area (Å²) in [6.07, 6.45) is 0. The molecule has 1 aromatic carbocycles. The molecule has 0 aliphatic carbocycles. The van der Waals surface area contributed by atoms with Gasteiger partial charge in [0.25, 0.3) is 0 Å². The van der Waals surface area contributed by atoms with Gasteiger partial charge in [0, 0.05) is 45.4 Å². The second kappa shape index (κ2) is 7.32. The van der Waals surface area contributed by atoms with Crippen molar-refractivity contribution >= 4 is 15.8 Å². The number of ether oxygens (including phenoxy) is 1. The first-order valence-electron chi connectivity index (χ1n) is 7.27. The average Bonchev–Trinajstić information content (AvgIpc) is 2.53. The standard InChI is InChI=1S/C15H22N2O4S/c1-13(18)14-3-5-15(6-4-14)22(19,20)17-9-7-16(8-10-17)11-12-21-2/h3-6H,7-12H2,1-2H3. The van der Waals surface area contributed by atoms with Gasteiger partial charge in [-0.2, -0.15) is 4.31 Å². The number of hydrogen-bond acceptors (Lipinski definition) is 5. The van der Waals surface area contributed by atoms with Gasteiger partial charge in [-0.15, -0.1) is 0 Å². The van der Waals surface area contributed by atoms with E-state index >= 15 is 0 Å². The van der Waals surface area contributed by atoms with E-state index in [0.717, 1.165) is 6.54 Å². The third kappa shape index (κ3) is 3.92. The van der Waals surface area contributed by atoms with Gasteiger partial charge in [-0.25, -0.2) is 8.42 Å². The summed E-state index contributed by atoms with van der Waals surface area (Å²) in [5.74, 6) is -0.0734. The number of methoxy groups -OCH3 is 1. The SMILES string of the molecule is COCCN1CCN(S(=O)(=O)c2ccc(C(C)=O)cc2)CC1. The molecule has 0 aromatic heterocycles. The van der Waals surface area contributed by atoms with Crippen LogP contribution in [0.25, 0.3) is 0 Å². The topological polar surface area (TPSA) is 66.9 Å². The highest BCUT2D eigenvalue weighted by Crippen LogP contribution is 2.18. The largest absolute Gasteiger partial charge is 0.383 e. The Bertz CT molecular complexity index is 605. The Morgan fingerprint density at radius 3 is 2.23 bits per heavy atom. The summed E-state index contributed by atoms with van der Waals surface area (Å²) < 4.78 is 31.7. The summed E-state index contributed by atoms with van der Waals surface area (Å²) in [7, 11) is -1.83. The molecular weight excluding hydrogens is 304 g/mol. The van der Waals surface area contributed by atoms with E-state index in [1.54, 1.807) is 19.2 Å². The zero-order valence-corrected chi connectivity index (χ0v) is 13.8. The van der Waals surface area contributed by atoms with E-state index < -0.39 is 10.0 Å². The van der Waals surface area contributed by atoms with Crippen LogP contribution in [-0.2, 0) is 14.8 Å². The van der Waals surface area contributed by atoms with Crippen LogP contribution in [0.2, 0.25) is 0 Å². The second-order valence-corrected chi connectivity index (χ2v) is 7.26. The van der Waals surface area contributed by atoms with Gasteiger partial charge >= 0.3 is 0 Å². The number of nitrogens with zero attached hydrogens (tertiary/aromatic N) is 2. The minimum absolute atomic E-state index is 0.0734.